The minimum absolute atomic E-state index is 0.0261. The van der Waals surface area contributed by atoms with E-state index in [1.54, 1.807) is 12.1 Å². The molecule has 0 spiro atoms. The summed E-state index contributed by atoms with van der Waals surface area (Å²) in [7, 11) is 1.26. The first-order valence-corrected chi connectivity index (χ1v) is 7.44. The first kappa shape index (κ1) is 17.4. The fraction of sp³-hybridized carbons (Fsp3) is 0.158. The zero-order valence-corrected chi connectivity index (χ0v) is 13.3. The molecular weight excluding hydrogens is 306 g/mol. The Morgan fingerprint density at radius 2 is 1.92 bits per heavy atom. The molecule has 124 valence electrons. The Labute approximate surface area is 140 Å². The molecule has 0 heterocycles. The van der Waals surface area contributed by atoms with Crippen molar-refractivity contribution in [1.29, 1.82) is 0 Å². The van der Waals surface area contributed by atoms with E-state index in [1.807, 2.05) is 30.3 Å². The van der Waals surface area contributed by atoms with E-state index in [9.17, 15) is 14.7 Å². The molecule has 2 aromatic rings. The van der Waals surface area contributed by atoms with Gasteiger partial charge in [-0.15, -0.1) is 0 Å². The molecular formula is C19H19NO4. The molecule has 24 heavy (non-hydrogen) atoms. The highest BCUT2D eigenvalue weighted by molar-refractivity contribution is 6.08. The number of carbonyl (C=O) groups excluding carboxylic acids is 2. The molecule has 0 fully saturated rings. The van der Waals surface area contributed by atoms with Crippen LogP contribution in [-0.2, 0) is 16.0 Å². The van der Waals surface area contributed by atoms with Gasteiger partial charge in [-0.2, -0.15) is 0 Å². The van der Waals surface area contributed by atoms with Gasteiger partial charge in [0, 0.05) is 5.56 Å². The number of rotatable bonds is 6. The summed E-state index contributed by atoms with van der Waals surface area (Å²) in [6.45, 7) is 0. The number of benzene rings is 2. The fourth-order valence-corrected chi connectivity index (χ4v) is 2.27. The van der Waals surface area contributed by atoms with E-state index in [2.05, 4.69) is 4.74 Å². The number of ether oxygens (including phenoxy) is 1. The lowest BCUT2D eigenvalue weighted by Gasteiger charge is -2.12. The topological polar surface area (TPSA) is 89.6 Å². The molecule has 0 amide bonds. The van der Waals surface area contributed by atoms with Gasteiger partial charge in [-0.05, 0) is 35.8 Å². The van der Waals surface area contributed by atoms with Crippen LogP contribution in [0.2, 0.25) is 0 Å². The zero-order valence-electron chi connectivity index (χ0n) is 13.3. The van der Waals surface area contributed by atoms with Gasteiger partial charge >= 0.3 is 5.97 Å². The van der Waals surface area contributed by atoms with Crippen LogP contribution in [0.5, 0.6) is 5.75 Å². The molecule has 2 rings (SSSR count). The Morgan fingerprint density at radius 3 is 2.58 bits per heavy atom. The summed E-state index contributed by atoms with van der Waals surface area (Å²) in [4.78, 5) is 23.9. The summed E-state index contributed by atoms with van der Waals surface area (Å²) < 4.78 is 4.60. The quantitative estimate of drug-likeness (QED) is 0.483. The second-order valence-corrected chi connectivity index (χ2v) is 5.28. The highest BCUT2D eigenvalue weighted by Gasteiger charge is 2.18. The van der Waals surface area contributed by atoms with Gasteiger partial charge in [0.15, 0.2) is 5.78 Å². The number of phenols is 1. The molecule has 5 nitrogen and oxygen atoms in total. The maximum atomic E-state index is 12.5. The monoisotopic (exact) mass is 325 g/mol. The molecule has 3 N–H and O–H groups in total. The maximum absolute atomic E-state index is 12.5. The van der Waals surface area contributed by atoms with Gasteiger partial charge in [-0.1, -0.05) is 42.5 Å². The van der Waals surface area contributed by atoms with Gasteiger partial charge in [0.25, 0.3) is 0 Å². The molecule has 1 unspecified atom stereocenters. The molecule has 2 aromatic carbocycles. The predicted octanol–water partition coefficient (Wildman–Crippen LogP) is 2.33. The summed E-state index contributed by atoms with van der Waals surface area (Å²) in [6, 6.07) is 12.9. The highest BCUT2D eigenvalue weighted by atomic mass is 16.5. The lowest BCUT2D eigenvalue weighted by molar-refractivity contribution is -0.142. The van der Waals surface area contributed by atoms with E-state index in [4.69, 9.17) is 5.73 Å². The Balaban J connectivity index is 2.24. The van der Waals surface area contributed by atoms with Crippen molar-refractivity contribution in [2.24, 2.45) is 5.73 Å². The minimum Gasteiger partial charge on any atom is -0.508 e. The Bertz CT molecular complexity index is 753. The minimum atomic E-state index is -0.871. The van der Waals surface area contributed by atoms with E-state index >= 15 is 0 Å². The molecule has 0 saturated heterocycles. The highest BCUT2D eigenvalue weighted by Crippen LogP contribution is 2.19. The van der Waals surface area contributed by atoms with Crippen LogP contribution in [0.15, 0.2) is 54.6 Å². The van der Waals surface area contributed by atoms with Gasteiger partial charge in [-0.25, -0.2) is 0 Å². The third kappa shape index (κ3) is 4.54. The van der Waals surface area contributed by atoms with Crippen LogP contribution >= 0.6 is 0 Å². The second kappa shape index (κ2) is 8.08. The second-order valence-electron chi connectivity index (χ2n) is 5.28. The molecule has 5 heteroatoms. The van der Waals surface area contributed by atoms with Crippen molar-refractivity contribution >= 4 is 17.8 Å². The van der Waals surface area contributed by atoms with E-state index in [0.29, 0.717) is 11.1 Å². The summed E-state index contributed by atoms with van der Waals surface area (Å²) >= 11 is 0. The first-order chi connectivity index (χ1) is 11.5. The Morgan fingerprint density at radius 1 is 1.21 bits per heavy atom. The normalized spacial score (nSPS) is 12.1. The fourth-order valence-electron chi connectivity index (χ4n) is 2.27. The molecule has 0 saturated carbocycles. The van der Waals surface area contributed by atoms with Crippen LogP contribution in [0.25, 0.3) is 6.08 Å². The number of nitrogens with two attached hydrogens (primary N) is 1. The van der Waals surface area contributed by atoms with E-state index in [-0.39, 0.29) is 18.0 Å². The predicted molar refractivity (Wildman–Crippen MR) is 91.6 cm³/mol. The van der Waals surface area contributed by atoms with E-state index < -0.39 is 12.0 Å². The smallest absolute Gasteiger partial charge is 0.322 e. The number of phenolic OH excluding ortho intramolecular Hbond substituents is 1. The summed E-state index contributed by atoms with van der Waals surface area (Å²) in [5.74, 6) is -0.857. The molecule has 0 aromatic heterocycles. The van der Waals surface area contributed by atoms with Crippen LogP contribution in [0.3, 0.4) is 0 Å². The van der Waals surface area contributed by atoms with Gasteiger partial charge in [0.05, 0.1) is 7.11 Å². The molecule has 0 aliphatic carbocycles. The van der Waals surface area contributed by atoms with Crippen molar-refractivity contribution in [2.75, 3.05) is 7.11 Å². The summed E-state index contributed by atoms with van der Waals surface area (Å²) in [6.07, 6.45) is 3.26. The number of allylic oxidation sites excluding steroid dienone is 1. The SMILES string of the molecule is COC(=O)C(N)Cc1ccc(O)cc1C(=O)/C=C/c1ccccc1. The average Bonchev–Trinajstić information content (AvgIpc) is 2.61. The van der Waals surface area contributed by atoms with Crippen LogP contribution in [0, 0.1) is 0 Å². The van der Waals surface area contributed by atoms with Crippen molar-refractivity contribution in [2.45, 2.75) is 12.5 Å². The van der Waals surface area contributed by atoms with Crippen LogP contribution in [0.4, 0.5) is 0 Å². The van der Waals surface area contributed by atoms with E-state index in [1.165, 1.54) is 25.3 Å². The van der Waals surface area contributed by atoms with Crippen LogP contribution in [-0.4, -0.2) is 30.0 Å². The molecule has 0 radical (unpaired) electrons. The Kier molecular flexibility index (Phi) is 5.87. The van der Waals surface area contributed by atoms with Gasteiger partial charge < -0.3 is 15.6 Å². The van der Waals surface area contributed by atoms with Gasteiger partial charge in [0.1, 0.15) is 11.8 Å². The number of esters is 1. The Hall–Kier alpha value is -2.92. The third-order valence-corrected chi connectivity index (χ3v) is 3.53. The van der Waals surface area contributed by atoms with Gasteiger partial charge in [-0.3, -0.25) is 9.59 Å². The number of aromatic hydroxyl groups is 1. The number of methoxy groups -OCH3 is 1. The molecule has 0 aliphatic rings. The summed E-state index contributed by atoms with van der Waals surface area (Å²) in [5.41, 5.74) is 7.54. The number of hydrogen-bond donors (Lipinski definition) is 2. The first-order valence-electron chi connectivity index (χ1n) is 7.44. The van der Waals surface area contributed by atoms with Crippen molar-refractivity contribution < 1.29 is 19.4 Å². The maximum Gasteiger partial charge on any atom is 0.322 e. The molecule has 1 atom stereocenters. The third-order valence-electron chi connectivity index (χ3n) is 3.53. The molecule has 0 aliphatic heterocycles. The number of hydrogen-bond acceptors (Lipinski definition) is 5. The van der Waals surface area contributed by atoms with Gasteiger partial charge in [0.2, 0.25) is 0 Å². The zero-order chi connectivity index (χ0) is 17.5. The van der Waals surface area contributed by atoms with E-state index in [0.717, 1.165) is 5.56 Å². The lowest BCUT2D eigenvalue weighted by Crippen LogP contribution is -2.34. The summed E-state index contributed by atoms with van der Waals surface area (Å²) in [5, 5.41) is 9.66. The van der Waals surface area contributed by atoms with Crippen LogP contribution < -0.4 is 5.73 Å². The van der Waals surface area contributed by atoms with Crippen molar-refractivity contribution in [3.05, 3.63) is 71.3 Å². The lowest BCUT2D eigenvalue weighted by atomic mass is 9.97. The number of ketones is 1. The van der Waals surface area contributed by atoms with Crippen molar-refractivity contribution in [3.63, 3.8) is 0 Å². The molecule has 0 bridgehead atoms. The van der Waals surface area contributed by atoms with Crippen LogP contribution in [0.1, 0.15) is 21.5 Å². The van der Waals surface area contributed by atoms with Crippen molar-refractivity contribution in [3.8, 4) is 5.75 Å². The van der Waals surface area contributed by atoms with Crippen molar-refractivity contribution in [1.82, 2.24) is 0 Å². The standard InChI is InChI=1S/C19H19NO4/c1-24-19(23)17(20)11-14-8-9-15(21)12-16(14)18(22)10-7-13-5-3-2-4-6-13/h2-10,12,17,21H,11,20H2,1H3/b10-7+. The average molecular weight is 325 g/mol. The largest absolute Gasteiger partial charge is 0.508 e. The number of carbonyl (C=O) groups is 2.